The first-order valence-electron chi connectivity index (χ1n) is 8.87. The number of aromatic nitrogens is 2. The number of ether oxygens (including phenoxy) is 1. The van der Waals surface area contributed by atoms with Gasteiger partial charge in [0.05, 0.1) is 5.69 Å². The first-order chi connectivity index (χ1) is 12.9. The van der Waals surface area contributed by atoms with Crippen LogP contribution >= 0.6 is 0 Å². The number of aryl methyl sites for hydroxylation is 4. The smallest absolute Gasteiger partial charge is 0.336 e. The van der Waals surface area contributed by atoms with E-state index in [0.29, 0.717) is 17.9 Å². The molecule has 7 heteroatoms. The first-order valence-corrected chi connectivity index (χ1v) is 8.87. The molecule has 0 bridgehead atoms. The van der Waals surface area contributed by atoms with E-state index in [9.17, 15) is 9.59 Å². The van der Waals surface area contributed by atoms with E-state index < -0.39 is 5.63 Å². The van der Waals surface area contributed by atoms with Crippen molar-refractivity contribution in [1.29, 1.82) is 0 Å². The summed E-state index contributed by atoms with van der Waals surface area (Å²) in [6.45, 7) is 7.03. The summed E-state index contributed by atoms with van der Waals surface area (Å²) < 4.78 is 12.6. The summed E-state index contributed by atoms with van der Waals surface area (Å²) in [7, 11) is 0. The van der Waals surface area contributed by atoms with E-state index >= 15 is 0 Å². The number of nitrogens with one attached hydrogen (secondary N) is 1. The third kappa shape index (κ3) is 4.75. The molecule has 1 amide bonds. The van der Waals surface area contributed by atoms with Crippen LogP contribution in [0.15, 0.2) is 39.5 Å². The Morgan fingerprint density at radius 3 is 2.78 bits per heavy atom. The lowest BCUT2D eigenvalue weighted by Gasteiger charge is -2.09. The average Bonchev–Trinajstić information content (AvgIpc) is 2.93. The van der Waals surface area contributed by atoms with Crippen molar-refractivity contribution in [2.45, 2.75) is 33.7 Å². The minimum Gasteiger partial charge on any atom is -0.484 e. The largest absolute Gasteiger partial charge is 0.484 e. The van der Waals surface area contributed by atoms with Crippen molar-refractivity contribution in [1.82, 2.24) is 15.1 Å². The zero-order chi connectivity index (χ0) is 19.4. The average molecular weight is 369 g/mol. The monoisotopic (exact) mass is 369 g/mol. The van der Waals surface area contributed by atoms with E-state index in [2.05, 4.69) is 10.4 Å². The molecule has 0 fully saturated rings. The van der Waals surface area contributed by atoms with Crippen molar-refractivity contribution in [2.75, 3.05) is 13.2 Å². The van der Waals surface area contributed by atoms with Crippen LogP contribution in [0.4, 0.5) is 0 Å². The van der Waals surface area contributed by atoms with Gasteiger partial charge in [-0.1, -0.05) is 0 Å². The maximum absolute atomic E-state index is 11.9. The van der Waals surface area contributed by atoms with E-state index in [1.54, 1.807) is 12.1 Å². The summed E-state index contributed by atoms with van der Waals surface area (Å²) in [6, 6.07) is 8.67. The standard InChI is InChI=1S/C20H23N3O4/c1-13-9-20(25)27-18-11-16(5-6-17(13)18)26-12-19(24)21-7-4-8-23-15(3)10-14(2)22-23/h5-6,9-11H,4,7-8,12H2,1-3H3,(H,21,24). The lowest BCUT2D eigenvalue weighted by molar-refractivity contribution is -0.123. The van der Waals surface area contributed by atoms with Crippen LogP contribution < -0.4 is 15.7 Å². The molecule has 0 atom stereocenters. The molecule has 2 heterocycles. The SMILES string of the molecule is Cc1cc(C)n(CCCNC(=O)COc2ccc3c(C)cc(=O)oc3c2)n1. The molecule has 0 unspecified atom stereocenters. The number of benzene rings is 1. The van der Waals surface area contributed by atoms with Crippen molar-refractivity contribution >= 4 is 16.9 Å². The third-order valence-electron chi connectivity index (χ3n) is 4.26. The Balaban J connectivity index is 1.47. The normalized spacial score (nSPS) is 10.9. The van der Waals surface area contributed by atoms with Crippen LogP contribution in [0.3, 0.4) is 0 Å². The van der Waals surface area contributed by atoms with Crippen LogP contribution in [0.2, 0.25) is 0 Å². The van der Waals surface area contributed by atoms with Gasteiger partial charge in [-0.05, 0) is 51.0 Å². The number of rotatable bonds is 7. The van der Waals surface area contributed by atoms with Gasteiger partial charge in [0.1, 0.15) is 11.3 Å². The lowest BCUT2D eigenvalue weighted by Crippen LogP contribution is -2.30. The van der Waals surface area contributed by atoms with Gasteiger partial charge in [0, 0.05) is 36.3 Å². The van der Waals surface area contributed by atoms with E-state index in [-0.39, 0.29) is 12.5 Å². The van der Waals surface area contributed by atoms with Gasteiger partial charge in [-0.3, -0.25) is 9.48 Å². The number of amides is 1. The Bertz CT molecular complexity index is 1020. The molecular formula is C20H23N3O4. The Labute approximate surface area is 156 Å². The van der Waals surface area contributed by atoms with Crippen LogP contribution in [-0.4, -0.2) is 28.8 Å². The third-order valence-corrected chi connectivity index (χ3v) is 4.26. The second-order valence-corrected chi connectivity index (χ2v) is 6.55. The summed E-state index contributed by atoms with van der Waals surface area (Å²) in [4.78, 5) is 23.4. The maximum Gasteiger partial charge on any atom is 0.336 e. The molecule has 1 N–H and O–H groups in total. The molecular weight excluding hydrogens is 346 g/mol. The van der Waals surface area contributed by atoms with E-state index in [1.165, 1.54) is 6.07 Å². The zero-order valence-electron chi connectivity index (χ0n) is 15.7. The molecule has 0 saturated heterocycles. The minimum atomic E-state index is -0.405. The Hall–Kier alpha value is -3.09. The number of hydrogen-bond donors (Lipinski definition) is 1. The maximum atomic E-state index is 11.9. The van der Waals surface area contributed by atoms with Crippen molar-refractivity contribution in [3.63, 3.8) is 0 Å². The molecule has 0 aliphatic rings. The fourth-order valence-corrected chi connectivity index (χ4v) is 2.95. The fraction of sp³-hybridized carbons (Fsp3) is 0.350. The molecule has 27 heavy (non-hydrogen) atoms. The molecule has 0 aliphatic heterocycles. The molecule has 1 aromatic carbocycles. The lowest BCUT2D eigenvalue weighted by atomic mass is 10.1. The molecule has 7 nitrogen and oxygen atoms in total. The van der Waals surface area contributed by atoms with Crippen LogP contribution in [0, 0.1) is 20.8 Å². The predicted octanol–water partition coefficient (Wildman–Crippen LogP) is 2.50. The minimum absolute atomic E-state index is 0.0958. The van der Waals surface area contributed by atoms with Gasteiger partial charge in [-0.2, -0.15) is 5.10 Å². The molecule has 2 aromatic heterocycles. The van der Waals surface area contributed by atoms with Gasteiger partial charge in [0.25, 0.3) is 5.91 Å². The molecule has 3 rings (SSSR count). The molecule has 0 radical (unpaired) electrons. The van der Waals surface area contributed by atoms with Gasteiger partial charge < -0.3 is 14.5 Å². The summed E-state index contributed by atoms with van der Waals surface area (Å²) in [6.07, 6.45) is 0.786. The number of nitrogens with zero attached hydrogens (tertiary/aromatic N) is 2. The van der Waals surface area contributed by atoms with E-state index in [0.717, 1.165) is 35.3 Å². The van der Waals surface area contributed by atoms with Gasteiger partial charge in [0.2, 0.25) is 0 Å². The Morgan fingerprint density at radius 2 is 2.04 bits per heavy atom. The first kappa shape index (κ1) is 18.7. The highest BCUT2D eigenvalue weighted by molar-refractivity contribution is 5.81. The molecule has 0 saturated carbocycles. The van der Waals surface area contributed by atoms with Crippen LogP contribution in [0.1, 0.15) is 23.4 Å². The molecule has 0 spiro atoms. The zero-order valence-corrected chi connectivity index (χ0v) is 15.7. The summed E-state index contributed by atoms with van der Waals surface area (Å²) >= 11 is 0. The van der Waals surface area contributed by atoms with Gasteiger partial charge >= 0.3 is 5.63 Å². The summed E-state index contributed by atoms with van der Waals surface area (Å²) in [5.74, 6) is 0.281. The van der Waals surface area contributed by atoms with Crippen molar-refractivity contribution in [3.05, 3.63) is 57.7 Å². The number of carbonyl (C=O) groups excluding carboxylic acids is 1. The molecule has 142 valence electrons. The van der Waals surface area contributed by atoms with Crippen molar-refractivity contribution in [2.24, 2.45) is 0 Å². The van der Waals surface area contributed by atoms with E-state index in [4.69, 9.17) is 9.15 Å². The van der Waals surface area contributed by atoms with Crippen LogP contribution in [0.25, 0.3) is 11.0 Å². The molecule has 3 aromatic rings. The Morgan fingerprint density at radius 1 is 1.22 bits per heavy atom. The second kappa shape index (κ2) is 8.07. The van der Waals surface area contributed by atoms with Crippen molar-refractivity contribution < 1.29 is 13.9 Å². The highest BCUT2D eigenvalue weighted by Crippen LogP contribution is 2.22. The summed E-state index contributed by atoms with van der Waals surface area (Å²) in [5.41, 5.74) is 2.99. The predicted molar refractivity (Wildman–Crippen MR) is 102 cm³/mol. The fourth-order valence-electron chi connectivity index (χ4n) is 2.95. The summed E-state index contributed by atoms with van der Waals surface area (Å²) in [5, 5.41) is 8.06. The van der Waals surface area contributed by atoms with Crippen LogP contribution in [-0.2, 0) is 11.3 Å². The van der Waals surface area contributed by atoms with Gasteiger partial charge in [-0.15, -0.1) is 0 Å². The topological polar surface area (TPSA) is 86.4 Å². The van der Waals surface area contributed by atoms with Crippen LogP contribution in [0.5, 0.6) is 5.75 Å². The highest BCUT2D eigenvalue weighted by atomic mass is 16.5. The number of hydrogen-bond acceptors (Lipinski definition) is 5. The second-order valence-electron chi connectivity index (χ2n) is 6.55. The van der Waals surface area contributed by atoms with E-state index in [1.807, 2.05) is 37.6 Å². The highest BCUT2D eigenvalue weighted by Gasteiger charge is 2.07. The Kier molecular flexibility index (Phi) is 5.59. The molecule has 0 aliphatic carbocycles. The van der Waals surface area contributed by atoms with Gasteiger partial charge in [-0.25, -0.2) is 4.79 Å². The van der Waals surface area contributed by atoms with Crippen molar-refractivity contribution in [3.8, 4) is 5.75 Å². The number of fused-ring (bicyclic) bond motifs is 1. The van der Waals surface area contributed by atoms with Gasteiger partial charge in [0.15, 0.2) is 6.61 Å². The quantitative estimate of drug-likeness (QED) is 0.511. The number of carbonyl (C=O) groups is 1.